The molecule has 31 heavy (non-hydrogen) atoms. The fraction of sp³-hybridized carbons (Fsp3) is 0.320. The van der Waals surface area contributed by atoms with Crippen LogP contribution in [0.3, 0.4) is 0 Å². The normalized spacial score (nSPS) is 25.0. The lowest BCUT2D eigenvalue weighted by Crippen LogP contribution is -2.45. The number of pyridine rings is 1. The summed E-state index contributed by atoms with van der Waals surface area (Å²) < 4.78 is 3.08. The number of halogens is 1. The van der Waals surface area contributed by atoms with Gasteiger partial charge < -0.3 is 5.11 Å². The zero-order valence-electron chi connectivity index (χ0n) is 17.5. The van der Waals surface area contributed by atoms with Crippen LogP contribution in [0.1, 0.15) is 37.9 Å². The fourth-order valence-electron chi connectivity index (χ4n) is 5.58. The Hall–Kier alpha value is -2.91. The summed E-state index contributed by atoms with van der Waals surface area (Å²) in [7, 11) is 0. The monoisotopic (exact) mass is 474 g/mol. The van der Waals surface area contributed by atoms with Crippen molar-refractivity contribution < 1.29 is 5.11 Å². The molecule has 1 N–H and O–H groups in total. The molecule has 1 aromatic carbocycles. The molecule has 0 radical (unpaired) electrons. The van der Waals surface area contributed by atoms with Gasteiger partial charge in [0.2, 0.25) is 5.70 Å². The molecule has 0 saturated carbocycles. The zero-order valence-corrected chi connectivity index (χ0v) is 19.1. The van der Waals surface area contributed by atoms with Gasteiger partial charge in [-0.15, -0.1) is 0 Å². The van der Waals surface area contributed by atoms with Gasteiger partial charge in [0.25, 0.3) is 0 Å². The number of aliphatic hydroxyl groups excluding tert-OH is 1. The van der Waals surface area contributed by atoms with Crippen molar-refractivity contribution in [2.45, 2.75) is 38.5 Å². The summed E-state index contributed by atoms with van der Waals surface area (Å²) in [6.45, 7) is 11.9. The van der Waals surface area contributed by atoms with Crippen LogP contribution in [0.25, 0.3) is 21.8 Å². The molecule has 3 aromatic rings. The van der Waals surface area contributed by atoms with E-state index in [1.807, 2.05) is 24.4 Å². The summed E-state index contributed by atoms with van der Waals surface area (Å²) in [4.78, 5) is 8.01. The van der Waals surface area contributed by atoms with E-state index in [0.717, 1.165) is 40.0 Å². The Morgan fingerprint density at radius 3 is 2.71 bits per heavy atom. The molecule has 0 bridgehead atoms. The summed E-state index contributed by atoms with van der Waals surface area (Å²) in [5.41, 5.74) is 5.53. The Bertz CT molecular complexity index is 1220. The van der Waals surface area contributed by atoms with Crippen molar-refractivity contribution in [3.63, 3.8) is 0 Å². The van der Waals surface area contributed by atoms with Gasteiger partial charge in [0.05, 0.1) is 29.4 Å². The third-order valence-electron chi connectivity index (χ3n) is 7.05. The minimum Gasteiger partial charge on any atom is -0.523 e. The van der Waals surface area contributed by atoms with Crippen LogP contribution in [0, 0.1) is 18.4 Å². The average molecular weight is 475 g/mol. The summed E-state index contributed by atoms with van der Waals surface area (Å²) in [5.74, 6) is 0.465. The van der Waals surface area contributed by atoms with E-state index in [-0.39, 0.29) is 23.0 Å². The van der Waals surface area contributed by atoms with E-state index in [1.165, 1.54) is 5.56 Å². The molecule has 0 aliphatic heterocycles. The van der Waals surface area contributed by atoms with E-state index in [2.05, 4.69) is 62.5 Å². The Morgan fingerprint density at radius 2 is 2.03 bits per heavy atom. The summed E-state index contributed by atoms with van der Waals surface area (Å²) in [5, 5.41) is 15.8. The van der Waals surface area contributed by atoms with E-state index in [1.54, 1.807) is 6.20 Å². The minimum atomic E-state index is -0.292. The zero-order chi connectivity index (χ0) is 21.8. The molecule has 5 rings (SSSR count). The lowest BCUT2D eigenvalue weighted by molar-refractivity contribution is 0.133. The number of nitrogens with zero attached hydrogens (tertiary/aromatic N) is 4. The first kappa shape index (κ1) is 20.0. The second-order valence-corrected chi connectivity index (χ2v) is 9.69. The third kappa shape index (κ3) is 3.02. The van der Waals surface area contributed by atoms with Gasteiger partial charge in [-0.2, -0.15) is 5.10 Å². The Labute approximate surface area is 190 Å². The average Bonchev–Trinajstić information content (AvgIpc) is 3.18. The lowest BCUT2D eigenvalue weighted by atomic mass is 9.57. The van der Waals surface area contributed by atoms with Crippen LogP contribution in [0.5, 0.6) is 0 Å². The minimum absolute atomic E-state index is 0.0499. The van der Waals surface area contributed by atoms with Crippen molar-refractivity contribution in [1.29, 1.82) is 0 Å². The second kappa shape index (κ2) is 7.35. The molecular formula is C25H23BrN4O. The van der Waals surface area contributed by atoms with Gasteiger partial charge in [0.1, 0.15) is 0 Å². The predicted octanol–water partition coefficient (Wildman–Crippen LogP) is 6.25. The maximum absolute atomic E-state index is 10.7. The van der Waals surface area contributed by atoms with E-state index < -0.39 is 0 Å². The van der Waals surface area contributed by atoms with Crippen LogP contribution in [-0.4, -0.2) is 19.9 Å². The maximum atomic E-state index is 10.7. The number of hydrogen-bond acceptors (Lipinski definition) is 3. The van der Waals surface area contributed by atoms with Crippen LogP contribution < -0.4 is 0 Å². The van der Waals surface area contributed by atoms with Crippen LogP contribution in [-0.2, 0) is 11.8 Å². The number of allylic oxidation sites excluding steroid dienone is 2. The molecule has 2 heterocycles. The smallest absolute Gasteiger partial charge is 0.203 e. The van der Waals surface area contributed by atoms with Crippen molar-refractivity contribution in [3.05, 3.63) is 87.4 Å². The number of aromatic nitrogens is 3. The SMILES string of the molecule is [C-]#[N+]C1=C(O)[C@H](C)[C@H]2CCc3c(-c4cccnc4)nn(-c4ccc(Br)cc4)c3[C@]2(C)C1. The topological polar surface area (TPSA) is 55.3 Å². The van der Waals surface area contributed by atoms with E-state index in [9.17, 15) is 5.11 Å². The van der Waals surface area contributed by atoms with E-state index in [4.69, 9.17) is 11.7 Å². The van der Waals surface area contributed by atoms with E-state index >= 15 is 0 Å². The number of rotatable bonds is 2. The Balaban J connectivity index is 1.78. The first-order chi connectivity index (χ1) is 14.9. The molecule has 2 aliphatic carbocycles. The Morgan fingerprint density at radius 1 is 1.26 bits per heavy atom. The van der Waals surface area contributed by atoms with Crippen LogP contribution in [0.2, 0.25) is 0 Å². The molecule has 0 unspecified atom stereocenters. The van der Waals surface area contributed by atoms with Crippen LogP contribution >= 0.6 is 15.9 Å². The van der Waals surface area contributed by atoms with Gasteiger partial charge in [0.15, 0.2) is 0 Å². The standard InChI is InChI=1S/C25H23BrN4O/c1-15-20-11-10-19-22(16-5-4-12-28-14-16)29-30(18-8-6-17(26)7-9-18)24(19)25(20,2)13-21(27-3)23(15)31/h4-9,12,14-15,20,31H,10-11,13H2,1-2H3/t15-,20-,25-/m1/s1. The predicted molar refractivity (Wildman–Crippen MR) is 124 cm³/mol. The molecule has 6 heteroatoms. The second-order valence-electron chi connectivity index (χ2n) is 8.78. The molecular weight excluding hydrogens is 452 g/mol. The van der Waals surface area contributed by atoms with Crippen molar-refractivity contribution in [3.8, 4) is 16.9 Å². The van der Waals surface area contributed by atoms with E-state index in [0.29, 0.717) is 12.1 Å². The van der Waals surface area contributed by atoms with Crippen molar-refractivity contribution in [2.75, 3.05) is 0 Å². The van der Waals surface area contributed by atoms with Gasteiger partial charge >= 0.3 is 0 Å². The molecule has 0 amide bonds. The molecule has 2 aromatic heterocycles. The van der Waals surface area contributed by atoms with Crippen LogP contribution in [0.15, 0.2) is 64.7 Å². The highest BCUT2D eigenvalue weighted by Gasteiger charge is 2.51. The number of aliphatic hydroxyl groups is 1. The van der Waals surface area contributed by atoms with Crippen molar-refractivity contribution in [2.24, 2.45) is 11.8 Å². The third-order valence-corrected chi connectivity index (χ3v) is 7.58. The molecule has 2 aliphatic rings. The first-order valence-corrected chi connectivity index (χ1v) is 11.3. The number of fused-ring (bicyclic) bond motifs is 3. The highest BCUT2D eigenvalue weighted by Crippen LogP contribution is 2.55. The van der Waals surface area contributed by atoms with Gasteiger partial charge in [-0.3, -0.25) is 4.98 Å². The fourth-order valence-corrected chi connectivity index (χ4v) is 5.84. The Kier molecular flexibility index (Phi) is 4.75. The number of hydrogen-bond donors (Lipinski definition) is 1. The molecule has 0 fully saturated rings. The van der Waals surface area contributed by atoms with Crippen LogP contribution in [0.4, 0.5) is 0 Å². The van der Waals surface area contributed by atoms with Gasteiger partial charge in [-0.05, 0) is 61.6 Å². The summed E-state index contributed by atoms with van der Waals surface area (Å²) in [6.07, 6.45) is 6.01. The maximum Gasteiger partial charge on any atom is 0.203 e. The molecule has 3 atom stereocenters. The number of benzene rings is 1. The van der Waals surface area contributed by atoms with Gasteiger partial charge in [-0.25, -0.2) is 9.53 Å². The van der Waals surface area contributed by atoms with Gasteiger partial charge in [-0.1, -0.05) is 29.8 Å². The highest BCUT2D eigenvalue weighted by atomic mass is 79.9. The summed E-state index contributed by atoms with van der Waals surface area (Å²) >= 11 is 3.53. The molecule has 0 saturated heterocycles. The highest BCUT2D eigenvalue weighted by molar-refractivity contribution is 9.10. The first-order valence-electron chi connectivity index (χ1n) is 10.5. The van der Waals surface area contributed by atoms with Gasteiger partial charge in [0, 0.05) is 39.3 Å². The molecule has 0 spiro atoms. The van der Waals surface area contributed by atoms with Crippen molar-refractivity contribution in [1.82, 2.24) is 14.8 Å². The molecule has 5 nitrogen and oxygen atoms in total. The lowest BCUT2D eigenvalue weighted by Gasteiger charge is -2.48. The quantitative estimate of drug-likeness (QED) is 0.446. The largest absolute Gasteiger partial charge is 0.523 e. The van der Waals surface area contributed by atoms with Crippen molar-refractivity contribution >= 4 is 15.9 Å². The summed E-state index contributed by atoms with van der Waals surface area (Å²) in [6, 6.07) is 12.2. The molecule has 156 valence electrons.